The van der Waals surface area contributed by atoms with Gasteiger partial charge in [0.15, 0.2) is 5.16 Å². The Morgan fingerprint density at radius 2 is 2.21 bits per heavy atom. The summed E-state index contributed by atoms with van der Waals surface area (Å²) < 4.78 is 0. The van der Waals surface area contributed by atoms with Gasteiger partial charge in [0.05, 0.1) is 11.4 Å². The third-order valence-electron chi connectivity index (χ3n) is 2.73. The van der Waals surface area contributed by atoms with Crippen molar-refractivity contribution in [2.75, 3.05) is 16.8 Å². The van der Waals surface area contributed by atoms with Gasteiger partial charge in [0, 0.05) is 11.8 Å². The lowest BCUT2D eigenvalue weighted by atomic mass is 10.5. The average molecular weight is 386 g/mol. The van der Waals surface area contributed by atoms with Crippen molar-refractivity contribution >= 4 is 45.9 Å². The highest BCUT2D eigenvalue weighted by Gasteiger charge is 2.10. The number of carbonyl (C=O) groups is 1. The molecule has 10 heteroatoms. The van der Waals surface area contributed by atoms with Crippen LogP contribution in [0.1, 0.15) is 31.0 Å². The number of rotatable bonds is 9. The number of amides is 1. The number of thioether (sulfide) groups is 2. The summed E-state index contributed by atoms with van der Waals surface area (Å²) >= 11 is 4.29. The molecule has 0 unspecified atom stereocenters. The standard InChI is InChI=1S/C14H19N5O2S3/c1-3-5-22-7-9-6-10(20)16-13(15-9)23-8-11(21)17-14-19-18-12(4-2)24-14/h6H,3-5,7-8H2,1-2H3,(H,15,16,20)(H,17,19,21). The Bertz CT molecular complexity index is 731. The number of aryl methyl sites for hydroxylation is 1. The Balaban J connectivity index is 1.88. The normalized spacial score (nSPS) is 10.8. The molecule has 2 aromatic rings. The van der Waals surface area contributed by atoms with E-state index < -0.39 is 0 Å². The quantitative estimate of drug-likeness (QED) is 0.389. The van der Waals surface area contributed by atoms with E-state index in [1.54, 1.807) is 11.8 Å². The van der Waals surface area contributed by atoms with E-state index in [0.717, 1.165) is 29.3 Å². The minimum absolute atomic E-state index is 0.148. The Morgan fingerprint density at radius 3 is 2.92 bits per heavy atom. The number of carbonyl (C=O) groups excluding carboxylic acids is 1. The predicted molar refractivity (Wildman–Crippen MR) is 100.0 cm³/mol. The van der Waals surface area contributed by atoms with Gasteiger partial charge in [-0.15, -0.1) is 10.2 Å². The van der Waals surface area contributed by atoms with Gasteiger partial charge in [-0.2, -0.15) is 11.8 Å². The fourth-order valence-electron chi connectivity index (χ4n) is 1.68. The number of hydrogen-bond donors (Lipinski definition) is 2. The fourth-order valence-corrected chi connectivity index (χ4v) is 3.86. The highest BCUT2D eigenvalue weighted by molar-refractivity contribution is 7.99. The lowest BCUT2D eigenvalue weighted by molar-refractivity contribution is -0.113. The third kappa shape index (κ3) is 6.25. The molecular weight excluding hydrogens is 366 g/mol. The predicted octanol–water partition coefficient (Wildman–Crippen LogP) is 2.56. The largest absolute Gasteiger partial charge is 0.301 e. The van der Waals surface area contributed by atoms with Crippen molar-refractivity contribution in [3.63, 3.8) is 0 Å². The molecule has 2 N–H and O–H groups in total. The minimum atomic E-state index is -0.202. The van der Waals surface area contributed by atoms with Crippen LogP contribution in [0.4, 0.5) is 5.13 Å². The number of aromatic nitrogens is 4. The molecule has 1 amide bonds. The van der Waals surface area contributed by atoms with E-state index in [-0.39, 0.29) is 17.2 Å². The topological polar surface area (TPSA) is 101 Å². The van der Waals surface area contributed by atoms with Crippen LogP contribution in [0, 0.1) is 0 Å². The summed E-state index contributed by atoms with van der Waals surface area (Å²) in [5.74, 6) is 1.67. The molecule has 0 atom stereocenters. The van der Waals surface area contributed by atoms with Crippen LogP contribution in [0.3, 0.4) is 0 Å². The van der Waals surface area contributed by atoms with Crippen molar-refractivity contribution < 1.29 is 4.79 Å². The second-order valence-corrected chi connectivity index (χ2v) is 7.92. The Kier molecular flexibility index (Phi) is 7.73. The first-order valence-corrected chi connectivity index (χ1v) is 10.5. The molecule has 0 spiro atoms. The molecule has 0 bridgehead atoms. The van der Waals surface area contributed by atoms with Crippen LogP contribution >= 0.6 is 34.9 Å². The van der Waals surface area contributed by atoms with Crippen LogP contribution in [-0.4, -0.2) is 37.6 Å². The molecule has 0 aromatic carbocycles. The third-order valence-corrected chi connectivity index (χ3v) is 5.78. The van der Waals surface area contributed by atoms with Gasteiger partial charge in [-0.3, -0.25) is 14.9 Å². The van der Waals surface area contributed by atoms with Gasteiger partial charge in [-0.25, -0.2) is 4.98 Å². The van der Waals surface area contributed by atoms with Gasteiger partial charge in [-0.05, 0) is 18.6 Å². The van der Waals surface area contributed by atoms with Crippen LogP contribution in [0.5, 0.6) is 0 Å². The highest BCUT2D eigenvalue weighted by Crippen LogP contribution is 2.18. The molecule has 0 saturated heterocycles. The van der Waals surface area contributed by atoms with Gasteiger partial charge < -0.3 is 4.98 Å². The molecule has 24 heavy (non-hydrogen) atoms. The van der Waals surface area contributed by atoms with Gasteiger partial charge in [0.1, 0.15) is 5.01 Å². The molecule has 7 nitrogen and oxygen atoms in total. The zero-order valence-corrected chi connectivity index (χ0v) is 15.9. The monoisotopic (exact) mass is 385 g/mol. The van der Waals surface area contributed by atoms with Crippen molar-refractivity contribution in [3.05, 3.63) is 27.1 Å². The van der Waals surface area contributed by atoms with E-state index in [1.807, 2.05) is 6.92 Å². The second kappa shape index (κ2) is 9.80. The lowest BCUT2D eigenvalue weighted by Crippen LogP contribution is -2.15. The zero-order chi connectivity index (χ0) is 17.4. The molecule has 2 aromatic heterocycles. The van der Waals surface area contributed by atoms with E-state index in [0.29, 0.717) is 16.0 Å². The summed E-state index contributed by atoms with van der Waals surface area (Å²) in [7, 11) is 0. The molecule has 130 valence electrons. The molecule has 0 aliphatic carbocycles. The number of H-pyrrole nitrogens is 1. The van der Waals surface area contributed by atoms with Gasteiger partial charge >= 0.3 is 0 Å². The molecule has 2 rings (SSSR count). The van der Waals surface area contributed by atoms with Crippen molar-refractivity contribution in [2.45, 2.75) is 37.6 Å². The first kappa shape index (κ1) is 18.9. The number of nitrogens with zero attached hydrogens (tertiary/aromatic N) is 3. The summed E-state index contributed by atoms with van der Waals surface area (Å²) in [6.45, 7) is 4.09. The maximum atomic E-state index is 11.9. The van der Waals surface area contributed by atoms with Gasteiger partial charge in [0.2, 0.25) is 11.0 Å². The highest BCUT2D eigenvalue weighted by atomic mass is 32.2. The maximum Gasteiger partial charge on any atom is 0.251 e. The SMILES string of the molecule is CCCSCc1cc(=O)[nH]c(SCC(=O)Nc2nnc(CC)s2)n1. The van der Waals surface area contributed by atoms with Crippen LogP contribution in [-0.2, 0) is 17.0 Å². The average Bonchev–Trinajstić information content (AvgIpc) is 3.00. The minimum Gasteiger partial charge on any atom is -0.301 e. The molecule has 0 radical (unpaired) electrons. The van der Waals surface area contributed by atoms with E-state index >= 15 is 0 Å². The molecule has 0 saturated carbocycles. The van der Waals surface area contributed by atoms with Crippen molar-refractivity contribution in [1.82, 2.24) is 20.2 Å². The van der Waals surface area contributed by atoms with Gasteiger partial charge in [0.25, 0.3) is 5.56 Å². The van der Waals surface area contributed by atoms with Crippen LogP contribution in [0.25, 0.3) is 0 Å². The smallest absolute Gasteiger partial charge is 0.251 e. The van der Waals surface area contributed by atoms with Crippen LogP contribution in [0.2, 0.25) is 0 Å². The summed E-state index contributed by atoms with van der Waals surface area (Å²) in [5.41, 5.74) is 0.536. The molecule has 0 aliphatic heterocycles. The Morgan fingerprint density at radius 1 is 1.38 bits per heavy atom. The van der Waals surface area contributed by atoms with Gasteiger partial charge in [-0.1, -0.05) is 36.9 Å². The molecule has 0 fully saturated rings. The first-order chi connectivity index (χ1) is 11.6. The lowest BCUT2D eigenvalue weighted by Gasteiger charge is -2.04. The van der Waals surface area contributed by atoms with E-state index in [2.05, 4.69) is 32.4 Å². The number of aromatic amines is 1. The Labute approximate surface area is 152 Å². The van der Waals surface area contributed by atoms with E-state index in [4.69, 9.17) is 0 Å². The van der Waals surface area contributed by atoms with Crippen molar-refractivity contribution in [2.24, 2.45) is 0 Å². The van der Waals surface area contributed by atoms with Crippen LogP contribution in [0.15, 0.2) is 16.0 Å². The molecular formula is C14H19N5O2S3. The summed E-state index contributed by atoms with van der Waals surface area (Å²) in [6.07, 6.45) is 1.87. The summed E-state index contributed by atoms with van der Waals surface area (Å²) in [4.78, 5) is 30.7. The second-order valence-electron chi connectivity index (χ2n) is 4.79. The summed E-state index contributed by atoms with van der Waals surface area (Å²) in [6, 6.07) is 1.50. The number of anilines is 1. The number of nitrogens with one attached hydrogen (secondary N) is 2. The maximum absolute atomic E-state index is 11.9. The zero-order valence-electron chi connectivity index (χ0n) is 13.5. The number of hydrogen-bond acceptors (Lipinski definition) is 8. The van der Waals surface area contributed by atoms with E-state index in [9.17, 15) is 9.59 Å². The van der Waals surface area contributed by atoms with Crippen LogP contribution < -0.4 is 10.9 Å². The molecule has 0 aliphatic rings. The van der Waals surface area contributed by atoms with Crippen molar-refractivity contribution in [1.29, 1.82) is 0 Å². The van der Waals surface area contributed by atoms with E-state index in [1.165, 1.54) is 29.2 Å². The molecule has 2 heterocycles. The fraction of sp³-hybridized carbons (Fsp3) is 0.500. The summed E-state index contributed by atoms with van der Waals surface area (Å²) in [5, 5.41) is 12.4. The van der Waals surface area contributed by atoms with Crippen molar-refractivity contribution in [3.8, 4) is 0 Å². The first-order valence-electron chi connectivity index (χ1n) is 7.53. The Hall–Kier alpha value is -1.39.